The van der Waals surface area contributed by atoms with E-state index in [1.807, 2.05) is 0 Å². The predicted molar refractivity (Wildman–Crippen MR) is 72.5 cm³/mol. The van der Waals surface area contributed by atoms with Crippen molar-refractivity contribution < 1.29 is 13.5 Å². The van der Waals surface area contributed by atoms with Gasteiger partial charge in [-0.15, -0.1) is 0 Å². The molecule has 2 unspecified atom stereocenters. The van der Waals surface area contributed by atoms with Crippen LogP contribution in [0.25, 0.3) is 0 Å². The summed E-state index contributed by atoms with van der Waals surface area (Å²) in [5.41, 5.74) is 8.34. The molecule has 0 spiro atoms. The highest BCUT2D eigenvalue weighted by Gasteiger charge is 2.27. The van der Waals surface area contributed by atoms with Crippen LogP contribution >= 0.6 is 0 Å². The summed E-state index contributed by atoms with van der Waals surface area (Å²) in [5.74, 6) is -0.136. The van der Waals surface area contributed by atoms with Crippen molar-refractivity contribution in [3.05, 3.63) is 64.7 Å². The molecule has 0 fully saturated rings. The second kappa shape index (κ2) is 4.87. The van der Waals surface area contributed by atoms with Crippen LogP contribution in [0.4, 0.5) is 8.78 Å². The van der Waals surface area contributed by atoms with Gasteiger partial charge in [0.1, 0.15) is 23.5 Å². The summed E-state index contributed by atoms with van der Waals surface area (Å²) in [6, 6.07) is 9.01. The summed E-state index contributed by atoms with van der Waals surface area (Å²) in [7, 11) is 0. The Morgan fingerprint density at radius 1 is 1.15 bits per heavy atom. The Balaban J connectivity index is 1.96. The lowest BCUT2D eigenvalue weighted by Crippen LogP contribution is -2.24. The van der Waals surface area contributed by atoms with Gasteiger partial charge in [-0.3, -0.25) is 0 Å². The molecule has 3 rings (SSSR count). The van der Waals surface area contributed by atoms with Gasteiger partial charge in [0.15, 0.2) is 0 Å². The number of rotatable bonds is 1. The van der Waals surface area contributed by atoms with Crippen LogP contribution in [-0.4, -0.2) is 0 Å². The zero-order valence-electron chi connectivity index (χ0n) is 11.1. The molecule has 0 aromatic heterocycles. The maximum Gasteiger partial charge on any atom is 0.127 e. The Morgan fingerprint density at radius 3 is 2.70 bits per heavy atom. The molecule has 0 saturated carbocycles. The molecule has 2 N–H and O–H groups in total. The molecule has 1 aliphatic heterocycles. The van der Waals surface area contributed by atoms with E-state index in [0.29, 0.717) is 17.7 Å². The number of nitrogens with two attached hydrogens (primary N) is 1. The monoisotopic (exact) mass is 275 g/mol. The molecular weight excluding hydrogens is 260 g/mol. The number of hydrogen-bond donors (Lipinski definition) is 1. The minimum Gasteiger partial charge on any atom is -0.485 e. The van der Waals surface area contributed by atoms with Crippen LogP contribution in [0.3, 0.4) is 0 Å². The fourth-order valence-electron chi connectivity index (χ4n) is 2.55. The van der Waals surface area contributed by atoms with Crippen LogP contribution in [0.5, 0.6) is 5.75 Å². The molecule has 2 nitrogen and oxygen atoms in total. The minimum atomic E-state index is -0.355. The minimum absolute atomic E-state index is 0.213. The van der Waals surface area contributed by atoms with Gasteiger partial charge in [0.25, 0.3) is 0 Å². The number of fused-ring (bicyclic) bond motifs is 1. The summed E-state index contributed by atoms with van der Waals surface area (Å²) >= 11 is 0. The Morgan fingerprint density at radius 2 is 1.95 bits per heavy atom. The lowest BCUT2D eigenvalue weighted by molar-refractivity contribution is 0.160. The highest BCUT2D eigenvalue weighted by atomic mass is 19.1. The zero-order valence-corrected chi connectivity index (χ0v) is 11.1. The van der Waals surface area contributed by atoms with E-state index in [4.69, 9.17) is 10.5 Å². The average Bonchev–Trinajstić information content (AvgIpc) is 2.41. The third kappa shape index (κ3) is 2.27. The molecule has 0 radical (unpaired) electrons. The third-order valence-electron chi connectivity index (χ3n) is 3.67. The van der Waals surface area contributed by atoms with E-state index in [9.17, 15) is 8.78 Å². The molecule has 0 amide bonds. The third-order valence-corrected chi connectivity index (χ3v) is 3.67. The molecule has 20 heavy (non-hydrogen) atoms. The Kier molecular flexibility index (Phi) is 3.18. The predicted octanol–water partition coefficient (Wildman–Crippen LogP) is 3.80. The fourth-order valence-corrected chi connectivity index (χ4v) is 2.55. The Labute approximate surface area is 116 Å². The van der Waals surface area contributed by atoms with Crippen LogP contribution in [0.2, 0.25) is 0 Å². The summed E-state index contributed by atoms with van der Waals surface area (Å²) < 4.78 is 32.4. The molecule has 2 aromatic carbocycles. The number of aryl methyl sites for hydroxylation is 1. The number of halogens is 2. The average molecular weight is 275 g/mol. The van der Waals surface area contributed by atoms with Crippen molar-refractivity contribution in [1.29, 1.82) is 0 Å². The van der Waals surface area contributed by atoms with Gasteiger partial charge in [-0.05, 0) is 36.2 Å². The first-order valence-corrected chi connectivity index (χ1v) is 6.52. The first-order valence-electron chi connectivity index (χ1n) is 6.52. The van der Waals surface area contributed by atoms with Crippen LogP contribution in [-0.2, 0) is 0 Å². The Bertz CT molecular complexity index is 657. The lowest BCUT2D eigenvalue weighted by Gasteiger charge is -2.30. The molecule has 104 valence electrons. The van der Waals surface area contributed by atoms with E-state index in [1.165, 1.54) is 18.2 Å². The van der Waals surface area contributed by atoms with Crippen molar-refractivity contribution in [3.63, 3.8) is 0 Å². The van der Waals surface area contributed by atoms with Gasteiger partial charge in [0, 0.05) is 24.1 Å². The van der Waals surface area contributed by atoms with Crippen molar-refractivity contribution in [2.45, 2.75) is 25.5 Å². The SMILES string of the molecule is Cc1cc(C2CC(N)c3ccc(F)cc3O2)ccc1F. The van der Waals surface area contributed by atoms with Crippen molar-refractivity contribution in [3.8, 4) is 5.75 Å². The van der Waals surface area contributed by atoms with Crippen LogP contribution in [0.15, 0.2) is 36.4 Å². The topological polar surface area (TPSA) is 35.2 Å². The molecule has 0 bridgehead atoms. The van der Waals surface area contributed by atoms with Crippen molar-refractivity contribution in [2.24, 2.45) is 5.73 Å². The molecule has 2 aromatic rings. The molecule has 4 heteroatoms. The first kappa shape index (κ1) is 13.1. The molecular formula is C16H15F2NO. The van der Waals surface area contributed by atoms with E-state index < -0.39 is 0 Å². The van der Waals surface area contributed by atoms with Gasteiger partial charge in [-0.1, -0.05) is 12.1 Å². The largest absolute Gasteiger partial charge is 0.485 e. The van der Waals surface area contributed by atoms with E-state index in [0.717, 1.165) is 11.1 Å². The summed E-state index contributed by atoms with van der Waals surface area (Å²) in [6.45, 7) is 1.70. The van der Waals surface area contributed by atoms with Crippen molar-refractivity contribution in [1.82, 2.24) is 0 Å². The second-order valence-corrected chi connectivity index (χ2v) is 5.14. The van der Waals surface area contributed by atoms with Crippen molar-refractivity contribution in [2.75, 3.05) is 0 Å². The van der Waals surface area contributed by atoms with Gasteiger partial charge in [0.05, 0.1) is 0 Å². The van der Waals surface area contributed by atoms with Gasteiger partial charge in [-0.25, -0.2) is 8.78 Å². The van der Waals surface area contributed by atoms with Crippen LogP contribution < -0.4 is 10.5 Å². The molecule has 2 atom stereocenters. The first-order chi connectivity index (χ1) is 9.54. The summed E-state index contributed by atoms with van der Waals surface area (Å²) in [5, 5.41) is 0. The van der Waals surface area contributed by atoms with Crippen molar-refractivity contribution >= 4 is 0 Å². The van der Waals surface area contributed by atoms with Gasteiger partial charge in [0.2, 0.25) is 0 Å². The number of ether oxygens (including phenoxy) is 1. The van der Waals surface area contributed by atoms with Gasteiger partial charge in [-0.2, -0.15) is 0 Å². The van der Waals surface area contributed by atoms with E-state index in [1.54, 1.807) is 25.1 Å². The second-order valence-electron chi connectivity index (χ2n) is 5.14. The fraction of sp³-hybridized carbons (Fsp3) is 0.250. The van der Waals surface area contributed by atoms with E-state index >= 15 is 0 Å². The van der Waals surface area contributed by atoms with Crippen LogP contribution in [0, 0.1) is 18.6 Å². The standard InChI is InChI=1S/C16H15F2NO/c1-9-6-10(2-5-13(9)18)15-8-14(19)12-4-3-11(17)7-16(12)20-15/h2-7,14-15H,8,19H2,1H3. The summed E-state index contributed by atoms with van der Waals surface area (Å²) in [6.07, 6.45) is 0.308. The lowest BCUT2D eigenvalue weighted by atomic mass is 9.93. The highest BCUT2D eigenvalue weighted by Crippen LogP contribution is 2.40. The summed E-state index contributed by atoms with van der Waals surface area (Å²) in [4.78, 5) is 0. The molecule has 1 heterocycles. The van der Waals surface area contributed by atoms with E-state index in [2.05, 4.69) is 0 Å². The maximum absolute atomic E-state index is 13.3. The van der Waals surface area contributed by atoms with Gasteiger partial charge < -0.3 is 10.5 Å². The van der Waals surface area contributed by atoms with Crippen LogP contribution in [0.1, 0.15) is 35.3 Å². The smallest absolute Gasteiger partial charge is 0.127 e. The number of benzene rings is 2. The number of hydrogen-bond acceptors (Lipinski definition) is 2. The molecule has 1 aliphatic rings. The quantitative estimate of drug-likeness (QED) is 0.859. The zero-order chi connectivity index (χ0) is 14.3. The highest BCUT2D eigenvalue weighted by molar-refractivity contribution is 5.40. The van der Waals surface area contributed by atoms with Gasteiger partial charge >= 0.3 is 0 Å². The van der Waals surface area contributed by atoms with E-state index in [-0.39, 0.29) is 23.8 Å². The molecule has 0 saturated heterocycles. The maximum atomic E-state index is 13.3. The molecule has 0 aliphatic carbocycles. The Hall–Kier alpha value is -1.94. The normalized spacial score (nSPS) is 21.2.